The van der Waals surface area contributed by atoms with Gasteiger partial charge in [-0.1, -0.05) is 12.1 Å². The third-order valence-corrected chi connectivity index (χ3v) is 4.82. The van der Waals surface area contributed by atoms with Crippen molar-refractivity contribution in [3.05, 3.63) is 59.9 Å². The molecule has 3 aromatic rings. The van der Waals surface area contributed by atoms with Crippen molar-refractivity contribution in [1.29, 1.82) is 0 Å². The Morgan fingerprint density at radius 1 is 0.967 bits per heavy atom. The molecule has 0 spiro atoms. The van der Waals surface area contributed by atoms with Crippen molar-refractivity contribution in [1.82, 2.24) is 25.1 Å². The van der Waals surface area contributed by atoms with Gasteiger partial charge >= 0.3 is 6.18 Å². The molecule has 0 bridgehead atoms. The summed E-state index contributed by atoms with van der Waals surface area (Å²) >= 11 is 0. The molecule has 1 amide bonds. The van der Waals surface area contributed by atoms with Crippen LogP contribution in [0.1, 0.15) is 16.2 Å². The summed E-state index contributed by atoms with van der Waals surface area (Å²) < 4.78 is 38.0. The third kappa shape index (κ3) is 3.91. The lowest BCUT2D eigenvalue weighted by Gasteiger charge is -2.35. The molecule has 2 heterocycles. The molecule has 0 saturated carbocycles. The molecular formula is C19H17F3N6O2. The minimum atomic E-state index is -4.44. The predicted octanol–water partition coefficient (Wildman–Crippen LogP) is 2.35. The molecule has 1 aliphatic heterocycles. The molecule has 1 fully saturated rings. The van der Waals surface area contributed by atoms with Crippen molar-refractivity contribution in [3.8, 4) is 11.4 Å². The van der Waals surface area contributed by atoms with Gasteiger partial charge in [-0.15, -0.1) is 15.0 Å². The highest BCUT2D eigenvalue weighted by Crippen LogP contribution is 2.29. The van der Waals surface area contributed by atoms with Crippen LogP contribution in [0.15, 0.2) is 48.5 Å². The lowest BCUT2D eigenvalue weighted by Crippen LogP contribution is -2.49. The van der Waals surface area contributed by atoms with Crippen LogP contribution in [0.4, 0.5) is 18.9 Å². The second-order valence-electron chi connectivity index (χ2n) is 6.72. The molecule has 1 saturated heterocycles. The third-order valence-electron chi connectivity index (χ3n) is 4.82. The maximum Gasteiger partial charge on any atom is 0.416 e. The fraction of sp³-hybridized carbons (Fsp3) is 0.263. The van der Waals surface area contributed by atoms with E-state index in [0.29, 0.717) is 31.9 Å². The van der Waals surface area contributed by atoms with Gasteiger partial charge in [0.05, 0.1) is 16.9 Å². The van der Waals surface area contributed by atoms with Gasteiger partial charge in [0.15, 0.2) is 0 Å². The Kier molecular flexibility index (Phi) is 5.02. The molecule has 4 rings (SSSR count). The van der Waals surface area contributed by atoms with Gasteiger partial charge in [-0.3, -0.25) is 4.79 Å². The lowest BCUT2D eigenvalue weighted by molar-refractivity contribution is -0.137. The molecule has 156 valence electrons. The minimum absolute atomic E-state index is 0.133. The van der Waals surface area contributed by atoms with Crippen LogP contribution in [0, 0.1) is 0 Å². The van der Waals surface area contributed by atoms with Gasteiger partial charge in [0, 0.05) is 26.2 Å². The molecule has 2 aromatic carbocycles. The zero-order chi connectivity index (χ0) is 21.3. The highest BCUT2D eigenvalue weighted by atomic mass is 19.4. The second-order valence-corrected chi connectivity index (χ2v) is 6.72. The summed E-state index contributed by atoms with van der Waals surface area (Å²) in [5, 5.41) is 21.5. The minimum Gasteiger partial charge on any atom is -0.506 e. The highest BCUT2D eigenvalue weighted by molar-refractivity contribution is 5.90. The van der Waals surface area contributed by atoms with Crippen molar-refractivity contribution in [2.24, 2.45) is 0 Å². The van der Waals surface area contributed by atoms with Gasteiger partial charge in [0.1, 0.15) is 5.75 Å². The number of anilines is 1. The van der Waals surface area contributed by atoms with E-state index >= 15 is 0 Å². The van der Waals surface area contributed by atoms with E-state index in [9.17, 15) is 23.1 Å². The van der Waals surface area contributed by atoms with Gasteiger partial charge < -0.3 is 14.9 Å². The van der Waals surface area contributed by atoms with Crippen LogP contribution in [-0.2, 0) is 6.18 Å². The molecule has 1 aromatic heterocycles. The first-order chi connectivity index (χ1) is 14.3. The average molecular weight is 418 g/mol. The Hall–Kier alpha value is -3.63. The van der Waals surface area contributed by atoms with E-state index in [1.165, 1.54) is 12.1 Å². The Balaban J connectivity index is 1.42. The molecule has 30 heavy (non-hydrogen) atoms. The number of para-hydroxylation sites is 2. The summed E-state index contributed by atoms with van der Waals surface area (Å²) in [4.78, 5) is 17.2. The van der Waals surface area contributed by atoms with Crippen molar-refractivity contribution in [3.63, 3.8) is 0 Å². The first kappa shape index (κ1) is 19.7. The van der Waals surface area contributed by atoms with E-state index < -0.39 is 17.6 Å². The van der Waals surface area contributed by atoms with Gasteiger partial charge in [0.2, 0.25) is 0 Å². The fourth-order valence-corrected chi connectivity index (χ4v) is 3.22. The predicted molar refractivity (Wildman–Crippen MR) is 100 cm³/mol. The van der Waals surface area contributed by atoms with Crippen molar-refractivity contribution in [2.75, 3.05) is 31.1 Å². The quantitative estimate of drug-likeness (QED) is 0.703. The number of benzene rings is 2. The number of phenolic OH excluding ortho intramolecular Hbond substituents is 1. The number of tetrazole rings is 1. The van der Waals surface area contributed by atoms with E-state index in [1.54, 1.807) is 17.0 Å². The summed E-state index contributed by atoms with van der Waals surface area (Å²) in [7, 11) is 0. The molecular weight excluding hydrogens is 401 g/mol. The van der Waals surface area contributed by atoms with E-state index in [0.717, 1.165) is 16.9 Å². The largest absolute Gasteiger partial charge is 0.506 e. The van der Waals surface area contributed by atoms with Crippen LogP contribution in [0.25, 0.3) is 5.69 Å². The normalized spacial score (nSPS) is 14.8. The monoisotopic (exact) mass is 418 g/mol. The van der Waals surface area contributed by atoms with E-state index in [-0.39, 0.29) is 17.3 Å². The average Bonchev–Trinajstić information content (AvgIpc) is 3.23. The summed E-state index contributed by atoms with van der Waals surface area (Å²) in [6, 6.07) is 11.2. The maximum atomic E-state index is 12.7. The molecule has 1 N–H and O–H groups in total. The fourth-order valence-electron chi connectivity index (χ4n) is 3.22. The number of hydrogen-bond acceptors (Lipinski definition) is 6. The van der Waals surface area contributed by atoms with Crippen LogP contribution in [0.5, 0.6) is 5.75 Å². The van der Waals surface area contributed by atoms with Crippen molar-refractivity contribution < 1.29 is 23.1 Å². The summed E-state index contributed by atoms with van der Waals surface area (Å²) in [5.41, 5.74) is 0.180. The number of alkyl halides is 3. The molecule has 8 nitrogen and oxygen atoms in total. The SMILES string of the molecule is O=C(c1nnn(-c2ccc(C(F)(F)F)cc2)n1)N1CCN(c2ccccc2O)CC1. The highest BCUT2D eigenvalue weighted by Gasteiger charge is 2.30. The number of aromatic hydroxyl groups is 1. The number of nitrogens with zero attached hydrogens (tertiary/aromatic N) is 6. The number of carbonyl (C=O) groups is 1. The molecule has 0 radical (unpaired) electrons. The Labute approximate surface area is 169 Å². The second kappa shape index (κ2) is 7.65. The topological polar surface area (TPSA) is 87.4 Å². The number of aromatic nitrogens is 4. The lowest BCUT2D eigenvalue weighted by atomic mass is 10.2. The molecule has 11 heteroatoms. The molecule has 0 atom stereocenters. The van der Waals surface area contributed by atoms with E-state index in [1.807, 2.05) is 17.0 Å². The molecule has 0 aliphatic carbocycles. The van der Waals surface area contributed by atoms with E-state index in [2.05, 4.69) is 15.4 Å². The molecule has 1 aliphatic rings. The Morgan fingerprint density at radius 3 is 2.27 bits per heavy atom. The van der Waals surface area contributed by atoms with Crippen LogP contribution >= 0.6 is 0 Å². The first-order valence-corrected chi connectivity index (χ1v) is 9.13. The standard InChI is InChI=1S/C19H17F3N6O2/c20-19(21,22)13-5-7-14(8-6-13)28-24-17(23-25-28)18(30)27-11-9-26(10-12-27)15-3-1-2-4-16(15)29/h1-8,29H,9-12H2. The van der Waals surface area contributed by atoms with Gasteiger partial charge in [-0.25, -0.2) is 0 Å². The number of amides is 1. The molecule has 0 unspecified atom stereocenters. The summed E-state index contributed by atoms with van der Waals surface area (Å²) in [6.07, 6.45) is -4.44. The van der Waals surface area contributed by atoms with E-state index in [4.69, 9.17) is 0 Å². The zero-order valence-corrected chi connectivity index (χ0v) is 15.6. The number of phenols is 1. The van der Waals surface area contributed by atoms with Gasteiger partial charge in [0.25, 0.3) is 11.7 Å². The van der Waals surface area contributed by atoms with Crippen LogP contribution in [-0.4, -0.2) is 62.3 Å². The zero-order valence-electron chi connectivity index (χ0n) is 15.6. The first-order valence-electron chi connectivity index (χ1n) is 9.13. The number of rotatable bonds is 3. The maximum absolute atomic E-state index is 12.7. The van der Waals surface area contributed by atoms with Gasteiger partial charge in [-0.2, -0.15) is 13.2 Å². The summed E-state index contributed by atoms with van der Waals surface area (Å²) in [5.74, 6) is -0.366. The Bertz CT molecular complexity index is 1040. The van der Waals surface area contributed by atoms with Gasteiger partial charge in [-0.05, 0) is 41.6 Å². The number of carbonyl (C=O) groups excluding carboxylic acids is 1. The van der Waals surface area contributed by atoms with Crippen LogP contribution in [0.2, 0.25) is 0 Å². The Morgan fingerprint density at radius 2 is 1.63 bits per heavy atom. The smallest absolute Gasteiger partial charge is 0.416 e. The number of hydrogen-bond donors (Lipinski definition) is 1. The van der Waals surface area contributed by atoms with Crippen LogP contribution in [0.3, 0.4) is 0 Å². The van der Waals surface area contributed by atoms with Crippen molar-refractivity contribution in [2.45, 2.75) is 6.18 Å². The number of piperazine rings is 1. The van der Waals surface area contributed by atoms with Crippen molar-refractivity contribution >= 4 is 11.6 Å². The summed E-state index contributed by atoms with van der Waals surface area (Å²) in [6.45, 7) is 1.86. The number of halogens is 3. The van der Waals surface area contributed by atoms with Crippen LogP contribution < -0.4 is 4.90 Å².